The van der Waals surface area contributed by atoms with Crippen molar-refractivity contribution in [3.63, 3.8) is 0 Å². The molecule has 2 aliphatic heterocycles. The van der Waals surface area contributed by atoms with Gasteiger partial charge >= 0.3 is 0 Å². The second-order valence-electron chi connectivity index (χ2n) is 6.44. The monoisotopic (exact) mass is 267 g/mol. The number of rotatable bonds is 5. The van der Waals surface area contributed by atoms with Crippen LogP contribution in [-0.4, -0.2) is 61.0 Å². The van der Waals surface area contributed by atoms with Crippen molar-refractivity contribution in [2.75, 3.05) is 39.3 Å². The van der Waals surface area contributed by atoms with E-state index >= 15 is 0 Å². The number of carbonyl (C=O) groups is 1. The molecule has 4 heteroatoms. The van der Waals surface area contributed by atoms with E-state index in [1.54, 1.807) is 0 Å². The first-order valence-electron chi connectivity index (χ1n) is 7.88. The van der Waals surface area contributed by atoms with E-state index in [1.807, 2.05) is 4.90 Å². The van der Waals surface area contributed by atoms with Crippen LogP contribution in [-0.2, 0) is 4.79 Å². The number of nitrogens with zero attached hydrogens (tertiary/aromatic N) is 2. The highest BCUT2D eigenvalue weighted by Gasteiger charge is 2.22. The molecule has 2 saturated heterocycles. The molecule has 0 radical (unpaired) electrons. The predicted octanol–water partition coefficient (Wildman–Crippen LogP) is 1.32. The van der Waals surface area contributed by atoms with Crippen LogP contribution in [0.4, 0.5) is 0 Å². The van der Waals surface area contributed by atoms with Crippen LogP contribution in [0.2, 0.25) is 0 Å². The summed E-state index contributed by atoms with van der Waals surface area (Å²) in [6, 6.07) is 0.537. The maximum absolute atomic E-state index is 12.0. The number of piperidine rings is 1. The number of carbonyl (C=O) groups excluding carboxylic acids is 1. The SMILES string of the molecule is CC(C)CN1CCC(NCC(=O)N2CCCC2)CC1. The fraction of sp³-hybridized carbons (Fsp3) is 0.933. The molecule has 0 unspecified atom stereocenters. The van der Waals surface area contributed by atoms with Crippen LogP contribution in [0.1, 0.15) is 39.5 Å². The molecule has 2 aliphatic rings. The van der Waals surface area contributed by atoms with E-state index in [9.17, 15) is 4.79 Å². The highest BCUT2D eigenvalue weighted by Crippen LogP contribution is 2.12. The molecule has 2 fully saturated rings. The third kappa shape index (κ3) is 4.77. The quantitative estimate of drug-likeness (QED) is 0.816. The van der Waals surface area contributed by atoms with E-state index in [2.05, 4.69) is 24.1 Å². The molecule has 0 saturated carbocycles. The van der Waals surface area contributed by atoms with Crippen LogP contribution < -0.4 is 5.32 Å². The van der Waals surface area contributed by atoms with Crippen molar-refractivity contribution in [1.29, 1.82) is 0 Å². The molecule has 1 amide bonds. The van der Waals surface area contributed by atoms with Crippen LogP contribution in [0.3, 0.4) is 0 Å². The number of amides is 1. The average Bonchev–Trinajstić information content (AvgIpc) is 2.91. The standard InChI is InChI=1S/C15H29N3O/c1-13(2)12-17-9-5-14(6-10-17)16-11-15(19)18-7-3-4-8-18/h13-14,16H,3-12H2,1-2H3. The Morgan fingerprint density at radius 2 is 1.79 bits per heavy atom. The fourth-order valence-electron chi connectivity index (χ4n) is 3.15. The smallest absolute Gasteiger partial charge is 0.236 e. The summed E-state index contributed by atoms with van der Waals surface area (Å²) in [5, 5.41) is 3.45. The van der Waals surface area contributed by atoms with Crippen molar-refractivity contribution in [3.05, 3.63) is 0 Å². The van der Waals surface area contributed by atoms with Crippen molar-refractivity contribution in [2.24, 2.45) is 5.92 Å². The van der Waals surface area contributed by atoms with Gasteiger partial charge in [-0.1, -0.05) is 13.8 Å². The first-order valence-corrected chi connectivity index (χ1v) is 7.88. The zero-order valence-corrected chi connectivity index (χ0v) is 12.5. The Bertz CT molecular complexity index is 279. The molecule has 0 bridgehead atoms. The van der Waals surface area contributed by atoms with Crippen LogP contribution in [0.25, 0.3) is 0 Å². The van der Waals surface area contributed by atoms with E-state index in [1.165, 1.54) is 45.3 Å². The molecule has 1 N–H and O–H groups in total. The third-order valence-corrected chi connectivity index (χ3v) is 4.21. The fourth-order valence-corrected chi connectivity index (χ4v) is 3.15. The maximum Gasteiger partial charge on any atom is 0.236 e. The summed E-state index contributed by atoms with van der Waals surface area (Å²) in [5.41, 5.74) is 0. The minimum Gasteiger partial charge on any atom is -0.342 e. The predicted molar refractivity (Wildman–Crippen MR) is 78.1 cm³/mol. The van der Waals surface area contributed by atoms with Gasteiger partial charge in [0.05, 0.1) is 6.54 Å². The third-order valence-electron chi connectivity index (χ3n) is 4.21. The summed E-state index contributed by atoms with van der Waals surface area (Å²) in [7, 11) is 0. The van der Waals surface area contributed by atoms with Gasteiger partial charge in [-0.2, -0.15) is 0 Å². The Morgan fingerprint density at radius 1 is 1.16 bits per heavy atom. The average molecular weight is 267 g/mol. The number of likely N-dealkylation sites (tertiary alicyclic amines) is 2. The van der Waals surface area contributed by atoms with Crippen molar-refractivity contribution >= 4 is 5.91 Å². The number of nitrogens with one attached hydrogen (secondary N) is 1. The molecule has 19 heavy (non-hydrogen) atoms. The lowest BCUT2D eigenvalue weighted by atomic mass is 10.0. The lowest BCUT2D eigenvalue weighted by Gasteiger charge is -2.33. The van der Waals surface area contributed by atoms with Crippen molar-refractivity contribution in [3.8, 4) is 0 Å². The Kier molecular flexibility index (Phi) is 5.64. The molecular formula is C15H29N3O. The van der Waals surface area contributed by atoms with E-state index in [0.29, 0.717) is 18.5 Å². The van der Waals surface area contributed by atoms with Gasteiger partial charge in [-0.3, -0.25) is 4.79 Å². The van der Waals surface area contributed by atoms with E-state index in [0.717, 1.165) is 19.0 Å². The van der Waals surface area contributed by atoms with Gasteiger partial charge in [0.2, 0.25) is 5.91 Å². The maximum atomic E-state index is 12.0. The zero-order chi connectivity index (χ0) is 13.7. The molecule has 0 aliphatic carbocycles. The van der Waals surface area contributed by atoms with Crippen LogP contribution >= 0.6 is 0 Å². The molecular weight excluding hydrogens is 238 g/mol. The lowest BCUT2D eigenvalue weighted by molar-refractivity contribution is -0.129. The Morgan fingerprint density at radius 3 is 2.37 bits per heavy atom. The van der Waals surface area contributed by atoms with Gasteiger partial charge < -0.3 is 15.1 Å². The minimum atomic E-state index is 0.294. The highest BCUT2D eigenvalue weighted by atomic mass is 16.2. The van der Waals surface area contributed by atoms with Gasteiger partial charge in [-0.05, 0) is 44.7 Å². The molecule has 0 aromatic carbocycles. The van der Waals surface area contributed by atoms with E-state index in [-0.39, 0.29) is 0 Å². The van der Waals surface area contributed by atoms with Crippen molar-refractivity contribution < 1.29 is 4.79 Å². The molecule has 2 rings (SSSR count). The first-order chi connectivity index (χ1) is 9.15. The lowest BCUT2D eigenvalue weighted by Crippen LogP contribution is -2.46. The second-order valence-corrected chi connectivity index (χ2v) is 6.44. The Hall–Kier alpha value is -0.610. The second kappa shape index (κ2) is 7.25. The van der Waals surface area contributed by atoms with Gasteiger partial charge in [0, 0.05) is 25.7 Å². The summed E-state index contributed by atoms with van der Waals surface area (Å²) in [6.45, 7) is 10.6. The highest BCUT2D eigenvalue weighted by molar-refractivity contribution is 5.78. The topological polar surface area (TPSA) is 35.6 Å². The van der Waals surface area contributed by atoms with E-state index in [4.69, 9.17) is 0 Å². The van der Waals surface area contributed by atoms with Gasteiger partial charge in [0.15, 0.2) is 0 Å². The zero-order valence-electron chi connectivity index (χ0n) is 12.5. The molecule has 0 aromatic rings. The number of hydrogen-bond acceptors (Lipinski definition) is 3. The van der Waals surface area contributed by atoms with Gasteiger partial charge in [0.25, 0.3) is 0 Å². The molecule has 2 heterocycles. The van der Waals surface area contributed by atoms with Crippen LogP contribution in [0, 0.1) is 5.92 Å². The molecule has 0 atom stereocenters. The summed E-state index contributed by atoms with van der Waals surface area (Å²) in [4.78, 5) is 16.5. The molecule has 0 aromatic heterocycles. The summed E-state index contributed by atoms with van der Waals surface area (Å²) < 4.78 is 0. The summed E-state index contributed by atoms with van der Waals surface area (Å²) in [5.74, 6) is 1.04. The van der Waals surface area contributed by atoms with Crippen molar-refractivity contribution in [2.45, 2.75) is 45.6 Å². The van der Waals surface area contributed by atoms with Gasteiger partial charge in [0.1, 0.15) is 0 Å². The molecule has 110 valence electrons. The normalized spacial score (nSPS) is 22.4. The molecule has 4 nitrogen and oxygen atoms in total. The van der Waals surface area contributed by atoms with Crippen LogP contribution in [0.5, 0.6) is 0 Å². The Labute approximate surface area is 117 Å². The van der Waals surface area contributed by atoms with Gasteiger partial charge in [-0.15, -0.1) is 0 Å². The van der Waals surface area contributed by atoms with E-state index < -0.39 is 0 Å². The van der Waals surface area contributed by atoms with Gasteiger partial charge in [-0.25, -0.2) is 0 Å². The van der Waals surface area contributed by atoms with Crippen LogP contribution in [0.15, 0.2) is 0 Å². The van der Waals surface area contributed by atoms with Crippen molar-refractivity contribution in [1.82, 2.24) is 15.1 Å². The summed E-state index contributed by atoms with van der Waals surface area (Å²) >= 11 is 0. The molecule has 0 spiro atoms. The number of hydrogen-bond donors (Lipinski definition) is 1. The Balaban J connectivity index is 1.61. The minimum absolute atomic E-state index is 0.294. The first kappa shape index (κ1) is 14.8. The largest absolute Gasteiger partial charge is 0.342 e. The summed E-state index contributed by atoms with van der Waals surface area (Å²) in [6.07, 6.45) is 4.72.